The Morgan fingerprint density at radius 1 is 1.45 bits per heavy atom. The third-order valence-electron chi connectivity index (χ3n) is 2.95. The highest BCUT2D eigenvalue weighted by Crippen LogP contribution is 2.26. The SMILES string of the molecule is CCCCNC(=O)C(C)S(=O)(=O)c1cc(Cl)ccc1N. The lowest BCUT2D eigenvalue weighted by molar-refractivity contribution is -0.120. The van der Waals surface area contributed by atoms with Crippen LogP contribution in [0.3, 0.4) is 0 Å². The molecule has 1 rings (SSSR count). The molecule has 0 aliphatic carbocycles. The van der Waals surface area contributed by atoms with Crippen molar-refractivity contribution in [1.82, 2.24) is 5.32 Å². The van der Waals surface area contributed by atoms with E-state index in [1.54, 1.807) is 0 Å². The monoisotopic (exact) mass is 318 g/mol. The summed E-state index contributed by atoms with van der Waals surface area (Å²) in [7, 11) is -3.85. The van der Waals surface area contributed by atoms with E-state index in [4.69, 9.17) is 17.3 Å². The van der Waals surface area contributed by atoms with Crippen molar-refractivity contribution >= 4 is 33.0 Å². The quantitative estimate of drug-likeness (QED) is 0.620. The first-order chi connectivity index (χ1) is 9.30. The first-order valence-corrected chi connectivity index (χ1v) is 8.29. The van der Waals surface area contributed by atoms with E-state index < -0.39 is 21.0 Å². The van der Waals surface area contributed by atoms with Crippen LogP contribution in [0.2, 0.25) is 5.02 Å². The van der Waals surface area contributed by atoms with Gasteiger partial charge in [-0.1, -0.05) is 24.9 Å². The van der Waals surface area contributed by atoms with Gasteiger partial charge in [0.15, 0.2) is 9.84 Å². The van der Waals surface area contributed by atoms with Gasteiger partial charge in [0, 0.05) is 11.6 Å². The van der Waals surface area contributed by atoms with Gasteiger partial charge in [-0.25, -0.2) is 8.42 Å². The van der Waals surface area contributed by atoms with Crippen LogP contribution in [-0.2, 0) is 14.6 Å². The molecule has 0 saturated carbocycles. The maximum Gasteiger partial charge on any atom is 0.238 e. The van der Waals surface area contributed by atoms with Gasteiger partial charge in [-0.2, -0.15) is 0 Å². The van der Waals surface area contributed by atoms with Crippen LogP contribution in [0.15, 0.2) is 23.1 Å². The molecule has 0 aliphatic heterocycles. The number of carbonyl (C=O) groups is 1. The van der Waals surface area contributed by atoms with Crippen molar-refractivity contribution in [2.45, 2.75) is 36.8 Å². The predicted octanol–water partition coefficient (Wildman–Crippen LogP) is 2.00. The number of carbonyl (C=O) groups excluding carboxylic acids is 1. The molecule has 0 spiro atoms. The molecule has 1 atom stereocenters. The number of anilines is 1. The lowest BCUT2D eigenvalue weighted by Gasteiger charge is -2.14. The molecule has 0 aromatic heterocycles. The van der Waals surface area contributed by atoms with Gasteiger partial charge in [-0.05, 0) is 31.5 Å². The summed E-state index contributed by atoms with van der Waals surface area (Å²) in [5, 5.41) is 1.65. The van der Waals surface area contributed by atoms with Crippen molar-refractivity contribution in [2.75, 3.05) is 12.3 Å². The van der Waals surface area contributed by atoms with Gasteiger partial charge in [0.25, 0.3) is 0 Å². The van der Waals surface area contributed by atoms with Gasteiger partial charge in [0.1, 0.15) is 5.25 Å². The van der Waals surface area contributed by atoms with E-state index in [1.165, 1.54) is 25.1 Å². The first kappa shape index (κ1) is 16.8. The molecule has 20 heavy (non-hydrogen) atoms. The van der Waals surface area contributed by atoms with Crippen LogP contribution in [0, 0.1) is 0 Å². The van der Waals surface area contributed by atoms with Gasteiger partial charge in [0.2, 0.25) is 5.91 Å². The second-order valence-electron chi connectivity index (χ2n) is 4.51. The number of unbranched alkanes of at least 4 members (excludes halogenated alkanes) is 1. The molecule has 0 aliphatic rings. The summed E-state index contributed by atoms with van der Waals surface area (Å²) in [5.41, 5.74) is 5.75. The normalized spacial score (nSPS) is 12.9. The molecular weight excluding hydrogens is 300 g/mol. The molecule has 0 fully saturated rings. The zero-order valence-corrected chi connectivity index (χ0v) is 13.1. The third-order valence-corrected chi connectivity index (χ3v) is 5.29. The Balaban J connectivity index is 2.98. The van der Waals surface area contributed by atoms with E-state index in [0.29, 0.717) is 6.54 Å². The number of hydrogen-bond acceptors (Lipinski definition) is 4. The fourth-order valence-electron chi connectivity index (χ4n) is 1.62. The number of amides is 1. The Kier molecular flexibility index (Phi) is 5.83. The second-order valence-corrected chi connectivity index (χ2v) is 7.19. The van der Waals surface area contributed by atoms with Crippen molar-refractivity contribution < 1.29 is 13.2 Å². The summed E-state index contributed by atoms with van der Waals surface area (Å²) in [6, 6.07) is 4.18. The minimum atomic E-state index is -3.85. The molecule has 0 radical (unpaired) electrons. The second kappa shape index (κ2) is 6.95. The van der Waals surface area contributed by atoms with Crippen molar-refractivity contribution in [3.63, 3.8) is 0 Å². The topological polar surface area (TPSA) is 89.3 Å². The molecule has 0 saturated heterocycles. The van der Waals surface area contributed by atoms with Crippen LogP contribution in [-0.4, -0.2) is 26.1 Å². The lowest BCUT2D eigenvalue weighted by atomic mass is 10.3. The van der Waals surface area contributed by atoms with Crippen LogP contribution in [0.5, 0.6) is 0 Å². The zero-order valence-electron chi connectivity index (χ0n) is 11.5. The van der Waals surface area contributed by atoms with Gasteiger partial charge in [-0.15, -0.1) is 0 Å². The highest BCUT2D eigenvalue weighted by atomic mass is 35.5. The first-order valence-electron chi connectivity index (χ1n) is 6.37. The molecule has 0 bridgehead atoms. The molecule has 1 aromatic carbocycles. The molecule has 7 heteroatoms. The third kappa shape index (κ3) is 3.86. The average molecular weight is 319 g/mol. The summed E-state index contributed by atoms with van der Waals surface area (Å²) >= 11 is 5.79. The van der Waals surface area contributed by atoms with Crippen molar-refractivity contribution in [1.29, 1.82) is 0 Å². The number of halogens is 1. The van der Waals surface area contributed by atoms with E-state index in [0.717, 1.165) is 12.8 Å². The van der Waals surface area contributed by atoms with Gasteiger partial charge < -0.3 is 11.1 Å². The Hall–Kier alpha value is -1.27. The fourth-order valence-corrected chi connectivity index (χ4v) is 3.29. The van der Waals surface area contributed by atoms with Gasteiger partial charge >= 0.3 is 0 Å². The van der Waals surface area contributed by atoms with Crippen molar-refractivity contribution in [3.05, 3.63) is 23.2 Å². The Bertz CT molecular complexity index is 587. The van der Waals surface area contributed by atoms with Gasteiger partial charge in [-0.3, -0.25) is 4.79 Å². The average Bonchev–Trinajstić information content (AvgIpc) is 2.40. The maximum atomic E-state index is 12.4. The van der Waals surface area contributed by atoms with Crippen LogP contribution >= 0.6 is 11.6 Å². The van der Waals surface area contributed by atoms with Crippen LogP contribution < -0.4 is 11.1 Å². The van der Waals surface area contributed by atoms with Gasteiger partial charge in [0.05, 0.1) is 10.6 Å². The minimum Gasteiger partial charge on any atom is -0.398 e. The minimum absolute atomic E-state index is 0.0857. The molecular formula is C13H19ClN2O3S. The van der Waals surface area contributed by atoms with Crippen LogP contribution in [0.1, 0.15) is 26.7 Å². The summed E-state index contributed by atoms with van der Waals surface area (Å²) < 4.78 is 24.8. The van der Waals surface area contributed by atoms with E-state index in [9.17, 15) is 13.2 Å². The zero-order chi connectivity index (χ0) is 15.3. The van der Waals surface area contributed by atoms with E-state index in [1.807, 2.05) is 6.92 Å². The van der Waals surface area contributed by atoms with Crippen molar-refractivity contribution in [3.8, 4) is 0 Å². The van der Waals surface area contributed by atoms with Crippen LogP contribution in [0.25, 0.3) is 0 Å². The number of nitrogen functional groups attached to an aromatic ring is 1. The molecule has 112 valence electrons. The van der Waals surface area contributed by atoms with E-state index >= 15 is 0 Å². The molecule has 1 amide bonds. The fraction of sp³-hybridized carbons (Fsp3) is 0.462. The summed E-state index contributed by atoms with van der Waals surface area (Å²) in [6.07, 6.45) is 1.72. The smallest absolute Gasteiger partial charge is 0.238 e. The number of nitrogens with two attached hydrogens (primary N) is 1. The number of hydrogen-bond donors (Lipinski definition) is 2. The molecule has 1 unspecified atom stereocenters. The summed E-state index contributed by atoms with van der Waals surface area (Å²) in [5.74, 6) is -0.530. The molecule has 0 heterocycles. The van der Waals surface area contributed by atoms with E-state index in [-0.39, 0.29) is 15.6 Å². The number of benzene rings is 1. The van der Waals surface area contributed by atoms with Crippen LogP contribution in [0.4, 0.5) is 5.69 Å². The highest BCUT2D eigenvalue weighted by Gasteiger charge is 2.31. The van der Waals surface area contributed by atoms with E-state index in [2.05, 4.69) is 5.32 Å². The predicted molar refractivity (Wildman–Crippen MR) is 80.4 cm³/mol. The number of sulfone groups is 1. The summed E-state index contributed by atoms with van der Waals surface area (Å²) in [4.78, 5) is 11.8. The standard InChI is InChI=1S/C13H19ClN2O3S/c1-3-4-7-16-13(17)9(2)20(18,19)12-8-10(14)5-6-11(12)15/h5-6,8-9H,3-4,7,15H2,1-2H3,(H,16,17). The Labute approximate surface area is 124 Å². The lowest BCUT2D eigenvalue weighted by Crippen LogP contribution is -2.38. The highest BCUT2D eigenvalue weighted by molar-refractivity contribution is 7.93. The molecule has 3 N–H and O–H groups in total. The number of rotatable bonds is 6. The number of nitrogens with one attached hydrogen (secondary N) is 1. The Morgan fingerprint density at radius 3 is 2.70 bits per heavy atom. The molecule has 1 aromatic rings. The van der Waals surface area contributed by atoms with Crippen molar-refractivity contribution in [2.24, 2.45) is 0 Å². The molecule has 5 nitrogen and oxygen atoms in total. The Morgan fingerprint density at radius 2 is 2.10 bits per heavy atom. The maximum absolute atomic E-state index is 12.4. The summed E-state index contributed by atoms with van der Waals surface area (Å²) in [6.45, 7) is 3.79. The largest absolute Gasteiger partial charge is 0.398 e.